The summed E-state index contributed by atoms with van der Waals surface area (Å²) < 4.78 is 11.5. The molecule has 0 bridgehead atoms. The Labute approximate surface area is 165 Å². The maximum atomic E-state index is 12.2. The zero-order valence-corrected chi connectivity index (χ0v) is 16.7. The van der Waals surface area contributed by atoms with Gasteiger partial charge in [-0.15, -0.1) is 0 Å². The summed E-state index contributed by atoms with van der Waals surface area (Å²) in [4.78, 5) is 15.4. The van der Waals surface area contributed by atoms with Crippen molar-refractivity contribution in [2.24, 2.45) is 0 Å². The molecule has 0 spiro atoms. The Kier molecular flexibility index (Phi) is 7.36. The number of aromatic amines is 1. The highest BCUT2D eigenvalue weighted by molar-refractivity contribution is 6.31. The number of ether oxygens (including phenoxy) is 2. The van der Waals surface area contributed by atoms with Gasteiger partial charge in [-0.05, 0) is 49.7 Å². The first-order valence-electron chi connectivity index (χ1n) is 9.89. The lowest BCUT2D eigenvalue weighted by atomic mass is 10.0. The van der Waals surface area contributed by atoms with Gasteiger partial charge in [-0.2, -0.15) is 0 Å². The molecule has 0 saturated carbocycles. The van der Waals surface area contributed by atoms with Crippen molar-refractivity contribution in [3.8, 4) is 5.88 Å². The van der Waals surface area contributed by atoms with Gasteiger partial charge in [0.1, 0.15) is 11.6 Å². The molecule has 1 unspecified atom stereocenters. The third kappa shape index (κ3) is 5.85. The number of rotatable bonds is 8. The second-order valence-corrected chi connectivity index (χ2v) is 7.53. The molecule has 2 heterocycles. The lowest BCUT2D eigenvalue weighted by Crippen LogP contribution is -2.26. The molecule has 1 fully saturated rings. The molecule has 1 atom stereocenters. The van der Waals surface area contributed by atoms with Crippen molar-refractivity contribution < 1.29 is 9.47 Å². The van der Waals surface area contributed by atoms with Crippen LogP contribution in [0.4, 0.5) is 0 Å². The summed E-state index contributed by atoms with van der Waals surface area (Å²) in [6, 6.07) is 10.1. The zero-order valence-electron chi connectivity index (χ0n) is 15.9. The van der Waals surface area contributed by atoms with Crippen molar-refractivity contribution in [2.45, 2.75) is 58.0 Å². The fraction of sp³-hybridized carbons (Fsp3) is 0.500. The first kappa shape index (κ1) is 20.0. The first-order chi connectivity index (χ1) is 13.2. The van der Waals surface area contributed by atoms with Gasteiger partial charge < -0.3 is 14.5 Å². The Balaban J connectivity index is 1.61. The van der Waals surface area contributed by atoms with Gasteiger partial charge in [0, 0.05) is 18.4 Å². The molecule has 4 nitrogen and oxygen atoms in total. The van der Waals surface area contributed by atoms with Crippen molar-refractivity contribution in [3.05, 3.63) is 62.4 Å². The number of hydrogen-bond donors (Lipinski definition) is 1. The molecular weight excluding hydrogens is 362 g/mol. The molecule has 0 amide bonds. The topological polar surface area (TPSA) is 51.3 Å². The maximum absolute atomic E-state index is 12.2. The van der Waals surface area contributed by atoms with Crippen molar-refractivity contribution in [1.82, 2.24) is 4.98 Å². The molecule has 1 N–H and O–H groups in total. The molecule has 0 aliphatic carbocycles. The quantitative estimate of drug-likeness (QED) is 0.711. The molecule has 1 aromatic carbocycles. The van der Waals surface area contributed by atoms with E-state index in [0.29, 0.717) is 18.9 Å². The van der Waals surface area contributed by atoms with E-state index in [0.717, 1.165) is 50.8 Å². The molecule has 5 heteroatoms. The van der Waals surface area contributed by atoms with Crippen LogP contribution in [0.2, 0.25) is 5.02 Å². The number of hydrogen-bond acceptors (Lipinski definition) is 3. The van der Waals surface area contributed by atoms with E-state index in [1.54, 1.807) is 0 Å². The van der Waals surface area contributed by atoms with E-state index < -0.39 is 0 Å². The minimum atomic E-state index is -0.205. The monoisotopic (exact) mass is 389 g/mol. The van der Waals surface area contributed by atoms with Gasteiger partial charge in [0.05, 0.1) is 6.10 Å². The highest BCUT2D eigenvalue weighted by atomic mass is 35.5. The predicted molar refractivity (Wildman–Crippen MR) is 109 cm³/mol. The third-order valence-corrected chi connectivity index (χ3v) is 5.36. The maximum Gasteiger partial charge on any atom is 0.204 e. The average Bonchev–Trinajstić information content (AvgIpc) is 2.70. The number of aromatic nitrogens is 1. The van der Waals surface area contributed by atoms with Crippen LogP contribution >= 0.6 is 11.6 Å². The van der Waals surface area contributed by atoms with Gasteiger partial charge in [-0.3, -0.25) is 4.79 Å². The summed E-state index contributed by atoms with van der Waals surface area (Å²) in [5.74, 6) is 0.465. The zero-order chi connectivity index (χ0) is 19.1. The Bertz CT molecular complexity index is 779. The van der Waals surface area contributed by atoms with Crippen LogP contribution in [0.1, 0.15) is 49.4 Å². The van der Waals surface area contributed by atoms with Gasteiger partial charge in [0.25, 0.3) is 0 Å². The number of halogens is 1. The van der Waals surface area contributed by atoms with Crippen LogP contribution in [0, 0.1) is 0 Å². The normalized spacial score (nSPS) is 17.0. The van der Waals surface area contributed by atoms with Gasteiger partial charge in [-0.25, -0.2) is 0 Å². The molecule has 1 aliphatic heterocycles. The second-order valence-electron chi connectivity index (χ2n) is 7.16. The van der Waals surface area contributed by atoms with Gasteiger partial charge in [0.2, 0.25) is 5.43 Å². The Morgan fingerprint density at radius 3 is 2.56 bits per heavy atom. The number of pyridine rings is 1. The number of benzene rings is 1. The standard InChI is InChI=1S/C22H28ClNO3/c1-2-5-16-7-9-17(10-8-16)11-12-19-22(23)20(25)14-21(24-19)27-15-18-6-3-4-13-26-18/h7-10,14,18H,2-6,11-13,15H2,1H3,(H,24,25). The van der Waals surface area contributed by atoms with Crippen molar-refractivity contribution in [1.29, 1.82) is 0 Å². The summed E-state index contributed by atoms with van der Waals surface area (Å²) in [5, 5.41) is 0.249. The molecular formula is C22H28ClNO3. The van der Waals surface area contributed by atoms with Crippen molar-refractivity contribution in [2.75, 3.05) is 13.2 Å². The number of H-pyrrole nitrogens is 1. The molecule has 1 aliphatic rings. The lowest BCUT2D eigenvalue weighted by molar-refractivity contribution is -0.0119. The Hall–Kier alpha value is -1.78. The highest BCUT2D eigenvalue weighted by Gasteiger charge is 2.15. The van der Waals surface area contributed by atoms with Crippen LogP contribution in [0.15, 0.2) is 35.1 Å². The Morgan fingerprint density at radius 2 is 1.89 bits per heavy atom. The van der Waals surface area contributed by atoms with Gasteiger partial charge >= 0.3 is 0 Å². The number of aryl methyl sites for hydroxylation is 3. The molecule has 1 aromatic heterocycles. The van der Waals surface area contributed by atoms with E-state index in [2.05, 4.69) is 36.2 Å². The van der Waals surface area contributed by atoms with Crippen LogP contribution in [0.25, 0.3) is 0 Å². The summed E-state index contributed by atoms with van der Waals surface area (Å²) in [6.45, 7) is 3.42. The first-order valence-corrected chi connectivity index (χ1v) is 10.3. The van der Waals surface area contributed by atoms with Crippen molar-refractivity contribution in [3.63, 3.8) is 0 Å². The van der Waals surface area contributed by atoms with Gasteiger partial charge in [0.15, 0.2) is 5.88 Å². The van der Waals surface area contributed by atoms with Crippen LogP contribution < -0.4 is 10.2 Å². The largest absolute Gasteiger partial charge is 0.476 e. The fourth-order valence-corrected chi connectivity index (χ4v) is 3.57. The second kappa shape index (κ2) is 9.95. The van der Waals surface area contributed by atoms with Crippen LogP contribution in [-0.2, 0) is 24.0 Å². The summed E-state index contributed by atoms with van der Waals surface area (Å²) in [5.41, 5.74) is 3.10. The Morgan fingerprint density at radius 1 is 1.15 bits per heavy atom. The minimum absolute atomic E-state index is 0.100. The smallest absolute Gasteiger partial charge is 0.204 e. The van der Waals surface area contributed by atoms with Gasteiger partial charge in [-0.1, -0.05) is 49.2 Å². The molecule has 2 aromatic rings. The van der Waals surface area contributed by atoms with Crippen LogP contribution in [0.5, 0.6) is 5.88 Å². The highest BCUT2D eigenvalue weighted by Crippen LogP contribution is 2.18. The summed E-state index contributed by atoms with van der Waals surface area (Å²) >= 11 is 6.22. The molecule has 0 radical (unpaired) electrons. The summed E-state index contributed by atoms with van der Waals surface area (Å²) in [7, 11) is 0. The predicted octanol–water partition coefficient (Wildman–Crippen LogP) is 4.71. The van der Waals surface area contributed by atoms with E-state index in [9.17, 15) is 4.79 Å². The SMILES string of the molecule is CCCc1ccc(CCc2[nH]c(OCC3CCCCO3)cc(=O)c2Cl)cc1. The number of nitrogens with one attached hydrogen (secondary N) is 1. The van der Waals surface area contributed by atoms with Crippen LogP contribution in [-0.4, -0.2) is 24.3 Å². The molecule has 27 heavy (non-hydrogen) atoms. The van der Waals surface area contributed by atoms with E-state index in [1.807, 2.05) is 0 Å². The minimum Gasteiger partial charge on any atom is -0.476 e. The summed E-state index contributed by atoms with van der Waals surface area (Å²) in [6.07, 6.45) is 7.10. The molecule has 146 valence electrons. The molecule has 1 saturated heterocycles. The van der Waals surface area contributed by atoms with E-state index in [4.69, 9.17) is 21.1 Å². The van der Waals surface area contributed by atoms with Crippen molar-refractivity contribution >= 4 is 11.6 Å². The van der Waals surface area contributed by atoms with E-state index in [-0.39, 0.29) is 16.6 Å². The third-order valence-electron chi connectivity index (χ3n) is 4.94. The van der Waals surface area contributed by atoms with E-state index in [1.165, 1.54) is 17.2 Å². The van der Waals surface area contributed by atoms with Crippen LogP contribution in [0.3, 0.4) is 0 Å². The lowest BCUT2D eigenvalue weighted by Gasteiger charge is -2.22. The van der Waals surface area contributed by atoms with E-state index >= 15 is 0 Å². The average molecular weight is 390 g/mol. The molecule has 3 rings (SSSR count). The fourth-order valence-electron chi connectivity index (χ4n) is 3.37.